The molecular formula is C10H7BrClN3OS. The number of thiazole rings is 1. The number of hydrogen-bond acceptors (Lipinski definition) is 4. The van der Waals surface area contributed by atoms with Gasteiger partial charge in [0.05, 0.1) is 5.02 Å². The van der Waals surface area contributed by atoms with Gasteiger partial charge in [0.1, 0.15) is 5.69 Å². The molecule has 0 aliphatic carbocycles. The molecule has 0 saturated carbocycles. The molecule has 17 heavy (non-hydrogen) atoms. The zero-order valence-electron chi connectivity index (χ0n) is 8.41. The maximum absolute atomic E-state index is 11.8. The third-order valence-corrected chi connectivity index (χ3v) is 3.82. The minimum absolute atomic E-state index is 0.299. The number of aromatic nitrogens is 1. The number of hydrogen-bond donors (Lipinski definition) is 2. The van der Waals surface area contributed by atoms with E-state index in [2.05, 4.69) is 26.2 Å². The van der Waals surface area contributed by atoms with Gasteiger partial charge in [0.2, 0.25) is 0 Å². The van der Waals surface area contributed by atoms with Crippen molar-refractivity contribution in [1.82, 2.24) is 4.98 Å². The fourth-order valence-electron chi connectivity index (χ4n) is 1.16. The van der Waals surface area contributed by atoms with Gasteiger partial charge in [-0.05, 0) is 34.1 Å². The molecule has 0 aliphatic heterocycles. The molecule has 1 aromatic heterocycles. The number of benzene rings is 1. The van der Waals surface area contributed by atoms with Gasteiger partial charge in [-0.25, -0.2) is 4.98 Å². The number of anilines is 2. The number of rotatable bonds is 2. The standard InChI is InChI=1S/C10H7BrClN3OS/c11-6-3-5(1-2-7(6)12)14-9(16)8-4-17-10(13)15-8/h1-4H,(H2,13,15)(H,14,16). The van der Waals surface area contributed by atoms with E-state index in [4.69, 9.17) is 17.3 Å². The number of nitrogens with one attached hydrogen (secondary N) is 1. The molecule has 0 bridgehead atoms. The van der Waals surface area contributed by atoms with E-state index in [-0.39, 0.29) is 5.91 Å². The Morgan fingerprint density at radius 2 is 2.29 bits per heavy atom. The summed E-state index contributed by atoms with van der Waals surface area (Å²) in [6, 6.07) is 5.12. The maximum Gasteiger partial charge on any atom is 0.275 e. The molecule has 0 saturated heterocycles. The highest BCUT2D eigenvalue weighted by atomic mass is 79.9. The van der Waals surface area contributed by atoms with Gasteiger partial charge >= 0.3 is 0 Å². The van der Waals surface area contributed by atoms with Gasteiger partial charge in [0, 0.05) is 15.5 Å². The van der Waals surface area contributed by atoms with Crippen molar-refractivity contribution in [2.75, 3.05) is 11.1 Å². The normalized spacial score (nSPS) is 10.2. The molecule has 2 aromatic rings. The lowest BCUT2D eigenvalue weighted by Crippen LogP contribution is -2.12. The average Bonchev–Trinajstić information content (AvgIpc) is 2.70. The van der Waals surface area contributed by atoms with Gasteiger partial charge < -0.3 is 11.1 Å². The summed E-state index contributed by atoms with van der Waals surface area (Å²) < 4.78 is 0.717. The number of nitrogens with zero attached hydrogens (tertiary/aromatic N) is 1. The summed E-state index contributed by atoms with van der Waals surface area (Å²) in [5, 5.41) is 5.26. The van der Waals surface area contributed by atoms with Gasteiger partial charge in [0.15, 0.2) is 5.13 Å². The van der Waals surface area contributed by atoms with Crippen LogP contribution in [0.1, 0.15) is 10.5 Å². The summed E-state index contributed by atoms with van der Waals surface area (Å²) in [6.07, 6.45) is 0. The summed E-state index contributed by atoms with van der Waals surface area (Å²) >= 11 is 10.4. The zero-order valence-corrected chi connectivity index (χ0v) is 11.6. The quantitative estimate of drug-likeness (QED) is 0.885. The van der Waals surface area contributed by atoms with Crippen molar-refractivity contribution in [3.63, 3.8) is 0 Å². The molecule has 0 aliphatic rings. The predicted octanol–water partition coefficient (Wildman–Crippen LogP) is 3.39. The first-order valence-electron chi connectivity index (χ1n) is 4.53. The lowest BCUT2D eigenvalue weighted by molar-refractivity contribution is 0.102. The molecule has 1 heterocycles. The molecule has 0 spiro atoms. The van der Waals surface area contributed by atoms with Crippen molar-refractivity contribution in [3.05, 3.63) is 38.8 Å². The topological polar surface area (TPSA) is 68.0 Å². The Morgan fingerprint density at radius 3 is 2.88 bits per heavy atom. The Morgan fingerprint density at radius 1 is 1.53 bits per heavy atom. The zero-order chi connectivity index (χ0) is 12.4. The van der Waals surface area contributed by atoms with Crippen molar-refractivity contribution in [1.29, 1.82) is 0 Å². The van der Waals surface area contributed by atoms with Crippen LogP contribution in [-0.2, 0) is 0 Å². The van der Waals surface area contributed by atoms with E-state index in [9.17, 15) is 4.79 Å². The Kier molecular flexibility index (Phi) is 3.66. The molecule has 0 radical (unpaired) electrons. The van der Waals surface area contributed by atoms with Crippen LogP contribution in [0.4, 0.5) is 10.8 Å². The smallest absolute Gasteiger partial charge is 0.275 e. The largest absolute Gasteiger partial charge is 0.375 e. The number of amides is 1. The minimum atomic E-state index is -0.299. The lowest BCUT2D eigenvalue weighted by Gasteiger charge is -2.04. The molecule has 4 nitrogen and oxygen atoms in total. The first kappa shape index (κ1) is 12.3. The average molecular weight is 333 g/mol. The monoisotopic (exact) mass is 331 g/mol. The van der Waals surface area contributed by atoms with Crippen LogP contribution in [0.5, 0.6) is 0 Å². The van der Waals surface area contributed by atoms with Crippen molar-refractivity contribution in [3.8, 4) is 0 Å². The van der Waals surface area contributed by atoms with Crippen LogP contribution in [0.2, 0.25) is 5.02 Å². The highest BCUT2D eigenvalue weighted by Crippen LogP contribution is 2.25. The van der Waals surface area contributed by atoms with Gasteiger partial charge in [-0.1, -0.05) is 11.6 Å². The highest BCUT2D eigenvalue weighted by molar-refractivity contribution is 9.10. The lowest BCUT2D eigenvalue weighted by atomic mass is 10.3. The van der Waals surface area contributed by atoms with E-state index in [0.29, 0.717) is 21.5 Å². The fraction of sp³-hybridized carbons (Fsp3) is 0. The van der Waals surface area contributed by atoms with Crippen LogP contribution in [0.25, 0.3) is 0 Å². The van der Waals surface area contributed by atoms with Gasteiger partial charge in [0.25, 0.3) is 5.91 Å². The van der Waals surface area contributed by atoms with Crippen molar-refractivity contribution >= 4 is 55.6 Å². The Balaban J connectivity index is 2.15. The first-order valence-corrected chi connectivity index (χ1v) is 6.59. The predicted molar refractivity (Wildman–Crippen MR) is 73.6 cm³/mol. The molecular weight excluding hydrogens is 326 g/mol. The number of carbonyl (C=O) groups is 1. The first-order chi connectivity index (χ1) is 8.06. The van der Waals surface area contributed by atoms with Gasteiger partial charge in [-0.3, -0.25) is 4.79 Å². The number of nitrogens with two attached hydrogens (primary N) is 1. The van der Waals surface area contributed by atoms with Crippen molar-refractivity contribution in [2.45, 2.75) is 0 Å². The van der Waals surface area contributed by atoms with Crippen molar-refractivity contribution < 1.29 is 4.79 Å². The Bertz CT molecular complexity index is 572. The minimum Gasteiger partial charge on any atom is -0.375 e. The maximum atomic E-state index is 11.8. The summed E-state index contributed by atoms with van der Waals surface area (Å²) in [5.41, 5.74) is 6.40. The van der Waals surface area contributed by atoms with E-state index in [1.54, 1.807) is 23.6 Å². The molecule has 0 unspecified atom stereocenters. The summed E-state index contributed by atoms with van der Waals surface area (Å²) in [6.45, 7) is 0. The molecule has 3 N–H and O–H groups in total. The molecule has 0 fully saturated rings. The van der Waals surface area contributed by atoms with Crippen molar-refractivity contribution in [2.24, 2.45) is 0 Å². The van der Waals surface area contributed by atoms with Crippen LogP contribution in [0.15, 0.2) is 28.1 Å². The van der Waals surface area contributed by atoms with Gasteiger partial charge in [-0.2, -0.15) is 0 Å². The molecule has 1 amide bonds. The van der Waals surface area contributed by atoms with Gasteiger partial charge in [-0.15, -0.1) is 11.3 Å². The van der Waals surface area contributed by atoms with E-state index in [1.165, 1.54) is 11.3 Å². The summed E-state index contributed by atoms with van der Waals surface area (Å²) in [4.78, 5) is 15.6. The van der Waals surface area contributed by atoms with Crippen LogP contribution >= 0.6 is 38.9 Å². The fourth-order valence-corrected chi connectivity index (χ4v) is 2.20. The Labute approximate surface area is 115 Å². The second-order valence-corrected chi connectivity index (χ2v) is 5.31. The Hall–Kier alpha value is -1.11. The molecule has 88 valence electrons. The second-order valence-electron chi connectivity index (χ2n) is 3.15. The molecule has 2 rings (SSSR count). The van der Waals surface area contributed by atoms with Crippen LogP contribution in [0.3, 0.4) is 0 Å². The van der Waals surface area contributed by atoms with E-state index >= 15 is 0 Å². The summed E-state index contributed by atoms with van der Waals surface area (Å²) in [5.74, 6) is -0.299. The van der Waals surface area contributed by atoms with Crippen LogP contribution in [-0.4, -0.2) is 10.9 Å². The van der Waals surface area contributed by atoms with E-state index in [0.717, 1.165) is 4.47 Å². The number of nitrogen functional groups attached to an aromatic ring is 1. The third kappa shape index (κ3) is 2.96. The molecule has 0 atom stereocenters. The second kappa shape index (κ2) is 5.03. The number of halogens is 2. The van der Waals surface area contributed by atoms with Crippen LogP contribution in [0, 0.1) is 0 Å². The van der Waals surface area contributed by atoms with E-state index in [1.807, 2.05) is 0 Å². The SMILES string of the molecule is Nc1nc(C(=O)Nc2ccc(Cl)c(Br)c2)cs1. The van der Waals surface area contributed by atoms with E-state index < -0.39 is 0 Å². The van der Waals surface area contributed by atoms with Crippen LogP contribution < -0.4 is 11.1 Å². The molecule has 7 heteroatoms. The number of carbonyl (C=O) groups excluding carboxylic acids is 1. The third-order valence-electron chi connectivity index (χ3n) is 1.93. The molecule has 1 aromatic carbocycles. The highest BCUT2D eigenvalue weighted by Gasteiger charge is 2.10. The summed E-state index contributed by atoms with van der Waals surface area (Å²) in [7, 11) is 0.